The molecule has 2 N–H and O–H groups in total. The highest BCUT2D eigenvalue weighted by Gasteiger charge is 2.37. The average molecular weight is 516 g/mol. The van der Waals surface area contributed by atoms with Crippen LogP contribution in [-0.4, -0.2) is 11.1 Å². The van der Waals surface area contributed by atoms with Gasteiger partial charge in [-0.2, -0.15) is 0 Å². The Kier molecular flexibility index (Phi) is 10.2. The minimum atomic E-state index is 0.365. The number of hydrogen-bond acceptors (Lipinski definition) is 2. The number of phenols is 1. The van der Waals surface area contributed by atoms with Crippen LogP contribution in [0.5, 0.6) is 5.75 Å². The van der Waals surface area contributed by atoms with Gasteiger partial charge in [0, 0.05) is 12.6 Å². The minimum absolute atomic E-state index is 0.365. The van der Waals surface area contributed by atoms with Crippen LogP contribution >= 0.6 is 0 Å². The molecule has 2 aromatic rings. The fraction of sp³-hybridized carbons (Fsp3) is 0.611. The van der Waals surface area contributed by atoms with Crippen LogP contribution in [0.3, 0.4) is 0 Å². The second-order valence-corrected chi connectivity index (χ2v) is 13.6. The van der Waals surface area contributed by atoms with Crippen molar-refractivity contribution in [3.63, 3.8) is 0 Å². The molecule has 1 saturated carbocycles. The lowest BCUT2D eigenvalue weighted by atomic mass is 9.61. The summed E-state index contributed by atoms with van der Waals surface area (Å²) in [6.07, 6.45) is 17.4. The molecule has 0 amide bonds. The Morgan fingerprint density at radius 3 is 2.53 bits per heavy atom. The van der Waals surface area contributed by atoms with E-state index >= 15 is 0 Å². The molecule has 208 valence electrons. The smallest absolute Gasteiger partial charge is 0.116 e. The van der Waals surface area contributed by atoms with E-state index in [4.69, 9.17) is 0 Å². The molecule has 2 aliphatic rings. The summed E-state index contributed by atoms with van der Waals surface area (Å²) in [6, 6.07) is 15.7. The van der Waals surface area contributed by atoms with Crippen molar-refractivity contribution in [2.45, 2.75) is 111 Å². The largest absolute Gasteiger partial charge is 0.508 e. The van der Waals surface area contributed by atoms with Crippen molar-refractivity contribution >= 4 is 0 Å². The maximum absolute atomic E-state index is 10.7. The fourth-order valence-corrected chi connectivity index (χ4v) is 7.24. The zero-order valence-electron chi connectivity index (χ0n) is 24.8. The molecule has 0 aliphatic heterocycles. The average Bonchev–Trinajstić information content (AvgIpc) is 2.86. The lowest BCUT2D eigenvalue weighted by molar-refractivity contribution is 0.119. The molecule has 38 heavy (non-hydrogen) atoms. The number of rotatable bonds is 11. The second kappa shape index (κ2) is 13.3. The molecule has 0 heterocycles. The van der Waals surface area contributed by atoms with Crippen molar-refractivity contribution in [2.24, 2.45) is 29.1 Å². The quantitative estimate of drug-likeness (QED) is 0.292. The topological polar surface area (TPSA) is 32.3 Å². The van der Waals surface area contributed by atoms with Crippen molar-refractivity contribution < 1.29 is 5.11 Å². The van der Waals surface area contributed by atoms with Crippen LogP contribution in [0.25, 0.3) is 0 Å². The van der Waals surface area contributed by atoms with Gasteiger partial charge in [-0.1, -0.05) is 83.0 Å². The van der Waals surface area contributed by atoms with Gasteiger partial charge >= 0.3 is 0 Å². The van der Waals surface area contributed by atoms with Gasteiger partial charge in [0.05, 0.1) is 0 Å². The number of aromatic hydroxyl groups is 1. The first kappa shape index (κ1) is 28.9. The predicted octanol–water partition coefficient (Wildman–Crippen LogP) is 9.24. The van der Waals surface area contributed by atoms with Crippen LogP contribution < -0.4 is 5.32 Å². The third-order valence-corrected chi connectivity index (χ3v) is 9.43. The molecule has 2 aromatic carbocycles. The monoisotopic (exact) mass is 515 g/mol. The summed E-state index contributed by atoms with van der Waals surface area (Å²) in [6.45, 7) is 12.7. The van der Waals surface area contributed by atoms with Crippen molar-refractivity contribution in [3.8, 4) is 5.75 Å². The molecule has 0 aromatic heterocycles. The van der Waals surface area contributed by atoms with Gasteiger partial charge in [-0.15, -0.1) is 0 Å². The normalized spacial score (nSPS) is 26.5. The first-order valence-corrected chi connectivity index (χ1v) is 15.5. The van der Waals surface area contributed by atoms with Crippen LogP contribution in [0.15, 0.2) is 54.6 Å². The van der Waals surface area contributed by atoms with Crippen molar-refractivity contribution in [1.29, 1.82) is 0 Å². The molecule has 0 saturated heterocycles. The van der Waals surface area contributed by atoms with Gasteiger partial charge in [-0.3, -0.25) is 0 Å². The van der Waals surface area contributed by atoms with E-state index in [1.54, 1.807) is 0 Å². The second-order valence-electron chi connectivity index (χ2n) is 13.6. The maximum atomic E-state index is 10.7. The molecule has 0 unspecified atom stereocenters. The van der Waals surface area contributed by atoms with E-state index in [1.165, 1.54) is 73.6 Å². The molecular formula is C36H53NO. The van der Waals surface area contributed by atoms with Crippen LogP contribution in [0.4, 0.5) is 0 Å². The summed E-state index contributed by atoms with van der Waals surface area (Å²) in [5.41, 5.74) is 5.62. The molecule has 4 rings (SSSR count). The Morgan fingerprint density at radius 2 is 1.76 bits per heavy atom. The molecule has 0 bridgehead atoms. The number of phenolic OH excluding ortho intramolecular Hbond substituents is 1. The molecule has 0 spiro atoms. The molecule has 2 heteroatoms. The van der Waals surface area contributed by atoms with Gasteiger partial charge < -0.3 is 10.4 Å². The molecule has 2 aliphatic carbocycles. The van der Waals surface area contributed by atoms with Crippen molar-refractivity contribution in [3.05, 3.63) is 76.9 Å². The summed E-state index contributed by atoms with van der Waals surface area (Å²) in [7, 11) is 0. The standard InChI is InChI=1S/C36H53NO/c1-26(2)15-16-28(4)37-25-33-13-7-6-12-32(33)20-31-19-30(22-35(38)23-31)18-29-11-8-14-34(21-29)36(5)17-9-10-27(3)24-36/h6-7,9,12-13,17,19,22-23,26-29,34,37-38H,8,10-11,14-16,18,20-21,24-25H2,1-5H3/t27-,28+,29-,34-,36+/m1/s1. The Labute approximate surface area is 233 Å². The third kappa shape index (κ3) is 8.22. The molecule has 2 nitrogen and oxygen atoms in total. The number of nitrogens with one attached hydrogen (secondary N) is 1. The van der Waals surface area contributed by atoms with E-state index in [2.05, 4.69) is 82.4 Å². The van der Waals surface area contributed by atoms with Crippen molar-refractivity contribution in [1.82, 2.24) is 5.32 Å². The van der Waals surface area contributed by atoms with Gasteiger partial charge in [0.25, 0.3) is 0 Å². The highest BCUT2D eigenvalue weighted by molar-refractivity contribution is 5.39. The molecule has 0 radical (unpaired) electrons. The summed E-state index contributed by atoms with van der Waals surface area (Å²) in [5, 5.41) is 14.4. The summed E-state index contributed by atoms with van der Waals surface area (Å²) < 4.78 is 0. The van der Waals surface area contributed by atoms with E-state index in [1.807, 2.05) is 12.1 Å². The molecular weight excluding hydrogens is 462 g/mol. The highest BCUT2D eigenvalue weighted by atomic mass is 16.3. The van der Waals surface area contributed by atoms with Crippen LogP contribution in [-0.2, 0) is 19.4 Å². The highest BCUT2D eigenvalue weighted by Crippen LogP contribution is 2.48. The zero-order chi connectivity index (χ0) is 27.1. The van der Waals surface area contributed by atoms with Gasteiger partial charge in [-0.25, -0.2) is 0 Å². The zero-order valence-corrected chi connectivity index (χ0v) is 24.8. The van der Waals surface area contributed by atoms with Gasteiger partial charge in [-0.05, 0) is 122 Å². The Balaban J connectivity index is 1.40. The van der Waals surface area contributed by atoms with E-state index in [9.17, 15) is 5.11 Å². The van der Waals surface area contributed by atoms with E-state index in [0.29, 0.717) is 17.2 Å². The van der Waals surface area contributed by atoms with E-state index < -0.39 is 0 Å². The Hall–Kier alpha value is -2.06. The van der Waals surface area contributed by atoms with Crippen LogP contribution in [0.1, 0.15) is 108 Å². The lowest BCUT2D eigenvalue weighted by Gasteiger charge is -2.43. The maximum Gasteiger partial charge on any atom is 0.116 e. The molecule has 5 atom stereocenters. The fourth-order valence-electron chi connectivity index (χ4n) is 7.24. The van der Waals surface area contributed by atoms with Gasteiger partial charge in [0.2, 0.25) is 0 Å². The third-order valence-electron chi connectivity index (χ3n) is 9.43. The van der Waals surface area contributed by atoms with Gasteiger partial charge in [0.1, 0.15) is 5.75 Å². The van der Waals surface area contributed by atoms with Crippen molar-refractivity contribution in [2.75, 3.05) is 0 Å². The number of benzene rings is 2. The summed E-state index contributed by atoms with van der Waals surface area (Å²) in [4.78, 5) is 0. The van der Waals surface area contributed by atoms with E-state index in [-0.39, 0.29) is 0 Å². The number of allylic oxidation sites excluding steroid dienone is 2. The van der Waals surface area contributed by atoms with E-state index in [0.717, 1.165) is 43.1 Å². The first-order chi connectivity index (χ1) is 18.2. The first-order valence-electron chi connectivity index (χ1n) is 15.5. The Morgan fingerprint density at radius 1 is 1.00 bits per heavy atom. The Bertz CT molecular complexity index is 1060. The van der Waals surface area contributed by atoms with Gasteiger partial charge in [0.15, 0.2) is 0 Å². The predicted molar refractivity (Wildman–Crippen MR) is 163 cm³/mol. The summed E-state index contributed by atoms with van der Waals surface area (Å²) >= 11 is 0. The van der Waals surface area contributed by atoms with Crippen LogP contribution in [0, 0.1) is 29.1 Å². The number of hydrogen-bond donors (Lipinski definition) is 2. The SMILES string of the molecule is CC(C)CC[C@H](C)NCc1ccccc1Cc1cc(O)cc(C[C@H]2CCC[C@@H]([C@@]3(C)C=CC[C@@H](C)C3)C2)c1. The summed E-state index contributed by atoms with van der Waals surface area (Å²) in [5.74, 6) is 3.48. The molecule has 1 fully saturated rings. The lowest BCUT2D eigenvalue weighted by Crippen LogP contribution is -2.33. The minimum Gasteiger partial charge on any atom is -0.508 e. The van der Waals surface area contributed by atoms with Crippen LogP contribution in [0.2, 0.25) is 0 Å².